The van der Waals surface area contributed by atoms with Crippen LogP contribution >= 0.6 is 0 Å². The number of amides is 3. The van der Waals surface area contributed by atoms with Crippen LogP contribution in [0.5, 0.6) is 0 Å². The van der Waals surface area contributed by atoms with Crippen LogP contribution < -0.4 is 16.0 Å². The van der Waals surface area contributed by atoms with Crippen molar-refractivity contribution in [2.45, 2.75) is 142 Å². The average Bonchev–Trinajstić information content (AvgIpc) is 3.01. The summed E-state index contributed by atoms with van der Waals surface area (Å²) in [5.41, 5.74) is 0.889. The first-order valence-electron chi connectivity index (χ1n) is 17.0. The molecule has 0 spiro atoms. The number of hydrogen-bond acceptors (Lipinski definition) is 7. The molecule has 3 amide bonds. The highest BCUT2D eigenvalue weighted by Gasteiger charge is 2.37. The number of ether oxygens (including phenoxy) is 2. The number of nitrogens with one attached hydrogen (secondary N) is 3. The zero-order valence-corrected chi connectivity index (χ0v) is 28.0. The van der Waals surface area contributed by atoms with E-state index in [0.717, 1.165) is 31.2 Å². The van der Waals surface area contributed by atoms with Crippen LogP contribution in [0, 0.1) is 11.8 Å². The van der Waals surface area contributed by atoms with Crippen molar-refractivity contribution >= 4 is 23.7 Å². The standard InChI is InChI=1S/C35H57N3O7/c1-6-7-8-9-10-11-12-13-14-18-21-29-25(4)32(40)37-30(24(2)3)33(41)38-31(26(5)39)34(42)36-28(35(43)45-29)23-44-22-27-19-16-15-17-20-27/h15-17,19-20,24-26,28-31,39H,6-14,18,21-23H2,1-5H3,(H,36,42)(H,37,40)(H,38,41)/t25-,26?,28+,29+,30+,31+/m1/s1. The minimum absolute atomic E-state index is 0.194. The third kappa shape index (κ3) is 13.9. The summed E-state index contributed by atoms with van der Waals surface area (Å²) in [7, 11) is 0. The second-order valence-corrected chi connectivity index (χ2v) is 12.8. The number of rotatable bonds is 17. The maximum Gasteiger partial charge on any atom is 0.331 e. The van der Waals surface area contributed by atoms with Crippen molar-refractivity contribution in [3.05, 3.63) is 35.9 Å². The fraction of sp³-hybridized carbons (Fsp3) is 0.714. The van der Waals surface area contributed by atoms with E-state index in [9.17, 15) is 24.3 Å². The van der Waals surface area contributed by atoms with Gasteiger partial charge in [-0.05, 0) is 31.2 Å². The molecule has 254 valence electrons. The first-order chi connectivity index (χ1) is 21.5. The summed E-state index contributed by atoms with van der Waals surface area (Å²) < 4.78 is 11.7. The molecule has 10 heteroatoms. The van der Waals surface area contributed by atoms with Crippen LogP contribution in [0.4, 0.5) is 0 Å². The number of esters is 1. The van der Waals surface area contributed by atoms with Crippen LogP contribution in [0.15, 0.2) is 30.3 Å². The lowest BCUT2D eigenvalue weighted by Crippen LogP contribution is -2.60. The highest BCUT2D eigenvalue weighted by atomic mass is 16.5. The Balaban J connectivity index is 2.19. The first-order valence-corrected chi connectivity index (χ1v) is 17.0. The Morgan fingerprint density at radius 1 is 0.778 bits per heavy atom. The Hall–Kier alpha value is -2.98. The van der Waals surface area contributed by atoms with Crippen molar-refractivity contribution in [3.8, 4) is 0 Å². The smallest absolute Gasteiger partial charge is 0.331 e. The van der Waals surface area contributed by atoms with E-state index in [1.165, 1.54) is 45.4 Å². The van der Waals surface area contributed by atoms with Gasteiger partial charge in [0.15, 0.2) is 6.04 Å². The summed E-state index contributed by atoms with van der Waals surface area (Å²) in [4.78, 5) is 53.6. The van der Waals surface area contributed by atoms with Crippen molar-refractivity contribution < 1.29 is 33.8 Å². The second-order valence-electron chi connectivity index (χ2n) is 12.8. The van der Waals surface area contributed by atoms with E-state index >= 15 is 0 Å². The zero-order chi connectivity index (χ0) is 33.2. The summed E-state index contributed by atoms with van der Waals surface area (Å²) in [5.74, 6) is -3.54. The monoisotopic (exact) mass is 631 g/mol. The minimum Gasteiger partial charge on any atom is -0.460 e. The number of carbonyl (C=O) groups excluding carboxylic acids is 4. The van der Waals surface area contributed by atoms with E-state index in [4.69, 9.17) is 9.47 Å². The SMILES string of the molecule is CCCCCCCCCCCC[C@@H]1OC(=O)[C@H](COCc2ccccc2)NC(=O)[C@H](C(C)O)NC(=O)[C@H](C(C)C)NC(=O)[C@@H]1C. The molecular formula is C35H57N3O7. The van der Waals surface area contributed by atoms with Gasteiger partial charge in [0.1, 0.15) is 18.2 Å². The number of carbonyl (C=O) groups is 4. The molecule has 45 heavy (non-hydrogen) atoms. The van der Waals surface area contributed by atoms with Gasteiger partial charge in [0, 0.05) is 0 Å². The molecule has 6 atom stereocenters. The van der Waals surface area contributed by atoms with Gasteiger partial charge in [-0.15, -0.1) is 0 Å². The van der Waals surface area contributed by atoms with Crippen molar-refractivity contribution in [2.75, 3.05) is 6.61 Å². The summed E-state index contributed by atoms with van der Waals surface area (Å²) in [6.45, 7) is 8.85. The van der Waals surface area contributed by atoms with Gasteiger partial charge < -0.3 is 30.5 Å². The van der Waals surface area contributed by atoms with Crippen LogP contribution in [0.25, 0.3) is 0 Å². The fourth-order valence-corrected chi connectivity index (χ4v) is 5.41. The summed E-state index contributed by atoms with van der Waals surface area (Å²) >= 11 is 0. The van der Waals surface area contributed by atoms with Crippen LogP contribution in [-0.2, 0) is 35.3 Å². The largest absolute Gasteiger partial charge is 0.460 e. The maximum atomic E-state index is 13.6. The van der Waals surface area contributed by atoms with E-state index in [1.54, 1.807) is 20.8 Å². The number of aliphatic hydroxyl groups excluding tert-OH is 1. The van der Waals surface area contributed by atoms with E-state index in [0.29, 0.717) is 6.42 Å². The maximum absolute atomic E-state index is 13.6. The normalized spacial score (nSPS) is 24.0. The molecule has 1 aliphatic rings. The Morgan fingerprint density at radius 3 is 1.91 bits per heavy atom. The number of benzene rings is 1. The van der Waals surface area contributed by atoms with Gasteiger partial charge in [-0.3, -0.25) is 14.4 Å². The number of aliphatic hydroxyl groups is 1. The molecule has 1 fully saturated rings. The zero-order valence-electron chi connectivity index (χ0n) is 28.0. The van der Waals surface area contributed by atoms with Gasteiger partial charge in [0.05, 0.1) is 25.2 Å². The van der Waals surface area contributed by atoms with Gasteiger partial charge in [-0.1, -0.05) is 116 Å². The molecule has 0 aliphatic carbocycles. The van der Waals surface area contributed by atoms with E-state index in [-0.39, 0.29) is 19.1 Å². The van der Waals surface area contributed by atoms with E-state index < -0.39 is 59.9 Å². The molecule has 0 bridgehead atoms. The number of unbranched alkanes of at least 4 members (excludes halogenated alkanes) is 9. The second kappa shape index (κ2) is 20.9. The summed E-state index contributed by atoms with van der Waals surface area (Å²) in [5, 5.41) is 18.4. The highest BCUT2D eigenvalue weighted by Crippen LogP contribution is 2.20. The Bertz CT molecular complexity index is 1030. The van der Waals surface area contributed by atoms with Crippen LogP contribution in [0.3, 0.4) is 0 Å². The molecule has 1 saturated heterocycles. The summed E-state index contributed by atoms with van der Waals surface area (Å²) in [6.07, 6.45) is 9.92. The Morgan fingerprint density at radius 2 is 1.33 bits per heavy atom. The fourth-order valence-electron chi connectivity index (χ4n) is 5.41. The van der Waals surface area contributed by atoms with Crippen LogP contribution in [-0.4, -0.2) is 65.7 Å². The molecule has 0 radical (unpaired) electrons. The van der Waals surface area contributed by atoms with Crippen molar-refractivity contribution in [3.63, 3.8) is 0 Å². The lowest BCUT2D eigenvalue weighted by Gasteiger charge is -2.28. The molecule has 0 aromatic heterocycles. The lowest BCUT2D eigenvalue weighted by atomic mass is 9.95. The topological polar surface area (TPSA) is 143 Å². The summed E-state index contributed by atoms with van der Waals surface area (Å²) in [6, 6.07) is 5.87. The Labute approximate surface area is 269 Å². The van der Waals surface area contributed by atoms with Crippen molar-refractivity contribution in [1.29, 1.82) is 0 Å². The van der Waals surface area contributed by atoms with Crippen molar-refractivity contribution in [2.24, 2.45) is 11.8 Å². The van der Waals surface area contributed by atoms with Crippen molar-refractivity contribution in [1.82, 2.24) is 16.0 Å². The molecule has 1 aromatic carbocycles. The molecule has 10 nitrogen and oxygen atoms in total. The molecule has 1 aliphatic heterocycles. The van der Waals surface area contributed by atoms with Gasteiger partial charge in [-0.25, -0.2) is 4.79 Å². The lowest BCUT2D eigenvalue weighted by molar-refractivity contribution is -0.159. The molecule has 1 aromatic rings. The number of hydrogen-bond donors (Lipinski definition) is 4. The third-order valence-corrected chi connectivity index (χ3v) is 8.39. The average molecular weight is 632 g/mol. The Kier molecular flexibility index (Phi) is 17.8. The molecular weight excluding hydrogens is 574 g/mol. The van der Waals surface area contributed by atoms with Gasteiger partial charge in [0.2, 0.25) is 17.7 Å². The molecule has 2 rings (SSSR count). The van der Waals surface area contributed by atoms with E-state index in [2.05, 4.69) is 22.9 Å². The predicted octanol–water partition coefficient (Wildman–Crippen LogP) is 4.57. The first kappa shape index (κ1) is 38.2. The highest BCUT2D eigenvalue weighted by molar-refractivity contribution is 5.94. The molecule has 1 heterocycles. The van der Waals surface area contributed by atoms with Gasteiger partial charge >= 0.3 is 5.97 Å². The molecule has 1 unspecified atom stereocenters. The quantitative estimate of drug-likeness (QED) is 0.146. The third-order valence-electron chi connectivity index (χ3n) is 8.39. The van der Waals surface area contributed by atoms with Gasteiger partial charge in [-0.2, -0.15) is 0 Å². The molecule has 4 N–H and O–H groups in total. The van der Waals surface area contributed by atoms with E-state index in [1.807, 2.05) is 30.3 Å². The van der Waals surface area contributed by atoms with Crippen LogP contribution in [0.1, 0.15) is 111 Å². The van der Waals surface area contributed by atoms with Crippen LogP contribution in [0.2, 0.25) is 0 Å². The number of cyclic esters (lactones) is 1. The van der Waals surface area contributed by atoms with Gasteiger partial charge in [0.25, 0.3) is 0 Å². The molecule has 0 saturated carbocycles. The minimum atomic E-state index is -1.36. The predicted molar refractivity (Wildman–Crippen MR) is 174 cm³/mol.